The van der Waals surface area contributed by atoms with Crippen LogP contribution in [0.5, 0.6) is 0 Å². The lowest BCUT2D eigenvalue weighted by Crippen LogP contribution is -2.42. The van der Waals surface area contributed by atoms with Gasteiger partial charge < -0.3 is 10.6 Å². The maximum Gasteiger partial charge on any atom is 0.191 e. The molecule has 8 heteroatoms. The van der Waals surface area contributed by atoms with Gasteiger partial charge in [0.05, 0.1) is 12.6 Å². The van der Waals surface area contributed by atoms with Gasteiger partial charge in [0, 0.05) is 18.5 Å². The van der Waals surface area contributed by atoms with Crippen LogP contribution in [0.2, 0.25) is 0 Å². The normalized spacial score (nSPS) is 20.1. The van der Waals surface area contributed by atoms with E-state index in [-0.39, 0.29) is 41.3 Å². The molecule has 1 aliphatic heterocycles. The van der Waals surface area contributed by atoms with Crippen LogP contribution in [-0.4, -0.2) is 33.8 Å². The van der Waals surface area contributed by atoms with Gasteiger partial charge in [-0.15, -0.1) is 24.0 Å². The lowest BCUT2D eigenvalue weighted by atomic mass is 9.95. The summed E-state index contributed by atoms with van der Waals surface area (Å²) in [5, 5.41) is 11.3. The van der Waals surface area contributed by atoms with Crippen LogP contribution < -0.4 is 10.6 Å². The van der Waals surface area contributed by atoms with E-state index in [1.807, 2.05) is 23.7 Å². The molecule has 1 aromatic carbocycles. The molecule has 1 aromatic heterocycles. The molecule has 6 nitrogen and oxygen atoms in total. The van der Waals surface area contributed by atoms with Gasteiger partial charge in [-0.05, 0) is 51.2 Å². The first-order chi connectivity index (χ1) is 13.1. The summed E-state index contributed by atoms with van der Waals surface area (Å²) >= 11 is 0. The number of nitrogens with zero attached hydrogens (tertiary/aromatic N) is 4. The second-order valence-electron chi connectivity index (χ2n) is 7.53. The lowest BCUT2D eigenvalue weighted by Gasteiger charge is -2.25. The van der Waals surface area contributed by atoms with E-state index >= 15 is 0 Å². The number of nitrogens with one attached hydrogen (secondary N) is 2. The van der Waals surface area contributed by atoms with Gasteiger partial charge in [0.25, 0.3) is 0 Å². The highest BCUT2D eigenvalue weighted by Crippen LogP contribution is 2.49. The number of fused-ring (bicyclic) bond motifs is 1. The summed E-state index contributed by atoms with van der Waals surface area (Å²) < 4.78 is 16.2. The molecular weight excluding hydrogens is 470 g/mol. The summed E-state index contributed by atoms with van der Waals surface area (Å²) in [5.41, 5.74) is 0.634. The van der Waals surface area contributed by atoms with Crippen LogP contribution in [-0.2, 0) is 12.0 Å². The molecule has 0 spiro atoms. The Balaban J connectivity index is 0.00000225. The quantitative estimate of drug-likeness (QED) is 0.377. The first-order valence-electron chi connectivity index (χ1n) is 9.82. The fourth-order valence-electron chi connectivity index (χ4n) is 3.88. The van der Waals surface area contributed by atoms with Gasteiger partial charge in [0.2, 0.25) is 0 Å². The topological polar surface area (TPSA) is 67.1 Å². The molecule has 1 atom stereocenters. The minimum Gasteiger partial charge on any atom is -0.357 e. The van der Waals surface area contributed by atoms with E-state index in [0.29, 0.717) is 6.54 Å². The van der Waals surface area contributed by atoms with Crippen molar-refractivity contribution in [2.75, 3.05) is 13.1 Å². The Bertz CT molecular complexity index is 845. The molecule has 1 fully saturated rings. The average Bonchev–Trinajstić information content (AvgIpc) is 3.34. The van der Waals surface area contributed by atoms with Crippen molar-refractivity contribution >= 4 is 29.9 Å². The van der Waals surface area contributed by atoms with Gasteiger partial charge in [-0.1, -0.05) is 18.2 Å². The fourth-order valence-corrected chi connectivity index (χ4v) is 3.88. The summed E-state index contributed by atoms with van der Waals surface area (Å²) in [4.78, 5) is 9.39. The third-order valence-corrected chi connectivity index (χ3v) is 5.47. The number of aliphatic imine (C=N–C) groups is 1. The Kier molecular flexibility index (Phi) is 6.57. The van der Waals surface area contributed by atoms with Crippen LogP contribution in [0.15, 0.2) is 29.3 Å². The van der Waals surface area contributed by atoms with Gasteiger partial charge in [-0.25, -0.2) is 14.1 Å². The molecule has 0 amide bonds. The number of aryl methyl sites for hydroxylation is 2. The predicted octanol–water partition coefficient (Wildman–Crippen LogP) is 3.47. The van der Waals surface area contributed by atoms with Crippen LogP contribution in [0.4, 0.5) is 4.39 Å². The number of guanidine groups is 1. The smallest absolute Gasteiger partial charge is 0.191 e. The van der Waals surface area contributed by atoms with Crippen molar-refractivity contribution < 1.29 is 4.39 Å². The molecular formula is C20H28FIN6. The van der Waals surface area contributed by atoms with Gasteiger partial charge in [0.1, 0.15) is 17.5 Å². The van der Waals surface area contributed by atoms with Crippen LogP contribution in [0.3, 0.4) is 0 Å². The lowest BCUT2D eigenvalue weighted by molar-refractivity contribution is 0.397. The van der Waals surface area contributed by atoms with E-state index in [4.69, 9.17) is 4.99 Å². The molecule has 0 radical (unpaired) electrons. The standard InChI is InChI=1S/C20H27FN6.HI/c1-3-22-19(25-17-9-6-12-27-18(17)24-14(2)26-27)23-13-20(10-11-20)15-7-4-5-8-16(15)21;/h4-5,7-8,17H,3,6,9-13H2,1-2H3,(H2,22,23,25);1H. The first kappa shape index (κ1) is 21.0. The second-order valence-corrected chi connectivity index (χ2v) is 7.53. The molecule has 1 saturated carbocycles. The van der Waals surface area contributed by atoms with E-state index in [0.717, 1.165) is 61.9 Å². The summed E-state index contributed by atoms with van der Waals surface area (Å²) in [6.45, 7) is 6.25. The van der Waals surface area contributed by atoms with Crippen molar-refractivity contribution in [2.24, 2.45) is 4.99 Å². The number of benzene rings is 1. The van der Waals surface area contributed by atoms with Gasteiger partial charge in [0.15, 0.2) is 5.96 Å². The van der Waals surface area contributed by atoms with Crippen LogP contribution in [0.25, 0.3) is 0 Å². The molecule has 4 rings (SSSR count). The zero-order chi connectivity index (χ0) is 18.9. The number of rotatable bonds is 5. The third-order valence-electron chi connectivity index (χ3n) is 5.47. The molecule has 28 heavy (non-hydrogen) atoms. The zero-order valence-corrected chi connectivity index (χ0v) is 18.7. The Morgan fingerprint density at radius 3 is 2.86 bits per heavy atom. The highest BCUT2D eigenvalue weighted by Gasteiger charge is 2.45. The predicted molar refractivity (Wildman–Crippen MR) is 119 cm³/mol. The summed E-state index contributed by atoms with van der Waals surface area (Å²) in [7, 11) is 0. The monoisotopic (exact) mass is 498 g/mol. The molecule has 1 aliphatic carbocycles. The molecule has 2 N–H and O–H groups in total. The van der Waals surface area contributed by atoms with Gasteiger partial charge >= 0.3 is 0 Å². The molecule has 152 valence electrons. The molecule has 2 aromatic rings. The van der Waals surface area contributed by atoms with Crippen molar-refractivity contribution in [1.82, 2.24) is 25.4 Å². The Morgan fingerprint density at radius 1 is 1.36 bits per heavy atom. The van der Waals surface area contributed by atoms with Crippen LogP contribution in [0, 0.1) is 12.7 Å². The van der Waals surface area contributed by atoms with E-state index in [2.05, 4.69) is 27.6 Å². The number of hydrogen-bond donors (Lipinski definition) is 2. The summed E-state index contributed by atoms with van der Waals surface area (Å²) in [6, 6.07) is 7.18. The zero-order valence-electron chi connectivity index (χ0n) is 16.4. The second kappa shape index (κ2) is 8.75. The maximum atomic E-state index is 14.2. The Labute approximate surface area is 182 Å². The van der Waals surface area contributed by atoms with Gasteiger partial charge in [-0.3, -0.25) is 4.99 Å². The highest BCUT2D eigenvalue weighted by atomic mass is 127. The number of halogens is 2. The largest absolute Gasteiger partial charge is 0.357 e. The Morgan fingerprint density at radius 2 is 2.14 bits per heavy atom. The van der Waals surface area contributed by atoms with Crippen molar-refractivity contribution in [3.8, 4) is 0 Å². The number of hydrogen-bond acceptors (Lipinski definition) is 3. The minimum absolute atomic E-state index is 0. The van der Waals surface area contributed by atoms with E-state index in [9.17, 15) is 4.39 Å². The van der Waals surface area contributed by atoms with E-state index in [1.54, 1.807) is 12.1 Å². The number of aromatic nitrogens is 3. The van der Waals surface area contributed by atoms with Crippen LogP contribution >= 0.6 is 24.0 Å². The molecule has 1 unspecified atom stereocenters. The SMILES string of the molecule is CCNC(=NCC1(c2ccccc2F)CC1)NC1CCCn2nc(C)nc21.I. The van der Waals surface area contributed by atoms with Crippen molar-refractivity contribution in [2.45, 2.75) is 57.5 Å². The van der Waals surface area contributed by atoms with Crippen LogP contribution in [0.1, 0.15) is 55.9 Å². The maximum absolute atomic E-state index is 14.2. The van der Waals surface area contributed by atoms with Crippen molar-refractivity contribution in [1.29, 1.82) is 0 Å². The van der Waals surface area contributed by atoms with Crippen molar-refractivity contribution in [3.05, 3.63) is 47.3 Å². The molecule has 2 aliphatic rings. The van der Waals surface area contributed by atoms with E-state index < -0.39 is 0 Å². The fraction of sp³-hybridized carbons (Fsp3) is 0.550. The highest BCUT2D eigenvalue weighted by molar-refractivity contribution is 14.0. The Hall–Kier alpha value is -1.71. The minimum atomic E-state index is -0.156. The van der Waals surface area contributed by atoms with Crippen molar-refractivity contribution in [3.63, 3.8) is 0 Å². The molecule has 0 bridgehead atoms. The first-order valence-corrected chi connectivity index (χ1v) is 9.82. The molecule has 2 heterocycles. The van der Waals surface area contributed by atoms with E-state index in [1.165, 1.54) is 0 Å². The van der Waals surface area contributed by atoms with Gasteiger partial charge in [-0.2, -0.15) is 5.10 Å². The average molecular weight is 498 g/mol. The molecule has 0 saturated heterocycles. The third kappa shape index (κ3) is 4.31. The summed E-state index contributed by atoms with van der Waals surface area (Å²) in [5.74, 6) is 2.41. The summed E-state index contributed by atoms with van der Waals surface area (Å²) in [6.07, 6.45) is 4.02.